The molecule has 2 saturated heterocycles. The van der Waals surface area contributed by atoms with E-state index in [-0.39, 0.29) is 5.91 Å². The minimum atomic E-state index is -0.208. The van der Waals surface area contributed by atoms with Crippen LogP contribution in [0.4, 0.5) is 10.9 Å². The highest BCUT2D eigenvalue weighted by Gasteiger charge is 2.27. The van der Waals surface area contributed by atoms with Crippen LogP contribution >= 0.6 is 11.3 Å². The lowest BCUT2D eigenvalue weighted by atomic mass is 10.0. The normalized spacial score (nSPS) is 19.8. The van der Waals surface area contributed by atoms with Gasteiger partial charge in [0.1, 0.15) is 11.5 Å². The van der Waals surface area contributed by atoms with Gasteiger partial charge in [0, 0.05) is 49.8 Å². The summed E-state index contributed by atoms with van der Waals surface area (Å²) in [7, 11) is 0. The number of nitrogens with zero attached hydrogens (tertiary/aromatic N) is 5. The van der Waals surface area contributed by atoms with Crippen LogP contribution in [0.25, 0.3) is 0 Å². The summed E-state index contributed by atoms with van der Waals surface area (Å²) in [5.74, 6) is 0.679. The number of aromatic nitrogens is 2. The lowest BCUT2D eigenvalue weighted by molar-refractivity contribution is 0.0965. The van der Waals surface area contributed by atoms with Gasteiger partial charge >= 0.3 is 0 Å². The maximum Gasteiger partial charge on any atom is 0.276 e. The number of hydrogen-bond donors (Lipinski definition) is 1. The Hall–Kier alpha value is -2.03. The van der Waals surface area contributed by atoms with Crippen molar-refractivity contribution in [2.45, 2.75) is 45.2 Å². The molecule has 4 heterocycles. The van der Waals surface area contributed by atoms with Crippen LogP contribution in [0.1, 0.15) is 43.6 Å². The highest BCUT2D eigenvalue weighted by molar-refractivity contribution is 7.13. The molecule has 8 heteroatoms. The molecule has 0 spiro atoms. The molecule has 2 aromatic heterocycles. The van der Waals surface area contributed by atoms with E-state index in [0.717, 1.165) is 38.4 Å². The van der Waals surface area contributed by atoms with Crippen LogP contribution in [-0.2, 0) is 0 Å². The number of pyridine rings is 1. The molecule has 7 nitrogen and oxygen atoms in total. The lowest BCUT2D eigenvalue weighted by Gasteiger charge is -2.39. The number of anilines is 2. The Labute approximate surface area is 183 Å². The topological polar surface area (TPSA) is 64.6 Å². The van der Waals surface area contributed by atoms with Gasteiger partial charge in [0.15, 0.2) is 5.13 Å². The zero-order valence-electron chi connectivity index (χ0n) is 18.0. The number of carbonyl (C=O) groups is 1. The van der Waals surface area contributed by atoms with Crippen LogP contribution in [0.5, 0.6) is 0 Å². The zero-order chi connectivity index (χ0) is 20.9. The number of amides is 1. The van der Waals surface area contributed by atoms with E-state index >= 15 is 0 Å². The third-order valence-corrected chi connectivity index (χ3v) is 6.91. The second-order valence-electron chi connectivity index (χ2n) is 8.41. The smallest absolute Gasteiger partial charge is 0.276 e. The van der Waals surface area contributed by atoms with Crippen molar-refractivity contribution in [2.24, 2.45) is 0 Å². The fraction of sp³-hybridized carbons (Fsp3) is 0.591. The van der Waals surface area contributed by atoms with Crippen LogP contribution < -0.4 is 10.2 Å². The van der Waals surface area contributed by atoms with Crippen LogP contribution in [0.2, 0.25) is 0 Å². The molecule has 0 aromatic carbocycles. The Balaban J connectivity index is 1.35. The van der Waals surface area contributed by atoms with E-state index in [1.807, 2.05) is 17.5 Å². The standard InChI is InChI=1S/C22H32N6OS/c1-17(2)26-12-7-18(8-13-26)27-10-4-11-28(15-14-27)20-6-3-5-19(24-20)21(29)25-22-23-9-16-30-22/h3,5-6,9,16-18H,4,7-8,10-15H2,1-2H3,(H,23,25,29). The summed E-state index contributed by atoms with van der Waals surface area (Å²) in [4.78, 5) is 28.9. The van der Waals surface area contributed by atoms with Crippen LogP contribution in [0.15, 0.2) is 29.8 Å². The first-order chi connectivity index (χ1) is 14.6. The van der Waals surface area contributed by atoms with E-state index in [1.165, 1.54) is 37.3 Å². The second-order valence-corrected chi connectivity index (χ2v) is 9.30. The largest absolute Gasteiger partial charge is 0.355 e. The van der Waals surface area contributed by atoms with Crippen molar-refractivity contribution in [1.29, 1.82) is 0 Å². The summed E-state index contributed by atoms with van der Waals surface area (Å²) in [6.45, 7) is 11.1. The molecular weight excluding hydrogens is 396 g/mol. The Bertz CT molecular complexity index is 819. The van der Waals surface area contributed by atoms with Crippen molar-refractivity contribution < 1.29 is 4.79 Å². The van der Waals surface area contributed by atoms with E-state index < -0.39 is 0 Å². The molecule has 4 rings (SSSR count). The molecule has 2 aromatic rings. The summed E-state index contributed by atoms with van der Waals surface area (Å²) in [5, 5.41) is 5.26. The van der Waals surface area contributed by atoms with Crippen molar-refractivity contribution in [2.75, 3.05) is 49.5 Å². The third kappa shape index (κ3) is 5.17. The molecule has 0 radical (unpaired) electrons. The van der Waals surface area contributed by atoms with Gasteiger partial charge in [-0.3, -0.25) is 15.0 Å². The molecule has 0 atom stereocenters. The highest BCUT2D eigenvalue weighted by atomic mass is 32.1. The number of piperidine rings is 1. The molecular formula is C22H32N6OS. The first-order valence-electron chi connectivity index (χ1n) is 11.0. The molecule has 2 aliphatic rings. The average molecular weight is 429 g/mol. The SMILES string of the molecule is CC(C)N1CCC(N2CCCN(c3cccc(C(=O)Nc4nccs4)n3)CC2)CC1. The summed E-state index contributed by atoms with van der Waals surface area (Å²) in [5.41, 5.74) is 0.435. The number of rotatable bonds is 5. The highest BCUT2D eigenvalue weighted by Crippen LogP contribution is 2.22. The minimum absolute atomic E-state index is 0.208. The van der Waals surface area contributed by atoms with Gasteiger partial charge in [0.05, 0.1) is 0 Å². The molecule has 0 bridgehead atoms. The molecule has 0 aliphatic carbocycles. The van der Waals surface area contributed by atoms with E-state index in [1.54, 1.807) is 12.3 Å². The molecule has 0 unspecified atom stereocenters. The lowest BCUT2D eigenvalue weighted by Crippen LogP contribution is -2.47. The third-order valence-electron chi connectivity index (χ3n) is 6.22. The van der Waals surface area contributed by atoms with Gasteiger partial charge in [-0.2, -0.15) is 0 Å². The monoisotopic (exact) mass is 428 g/mol. The Kier molecular flexibility index (Phi) is 6.97. The van der Waals surface area contributed by atoms with Crippen molar-refractivity contribution in [3.8, 4) is 0 Å². The Morgan fingerprint density at radius 2 is 1.97 bits per heavy atom. The first-order valence-corrected chi connectivity index (χ1v) is 11.9. The Morgan fingerprint density at radius 1 is 1.13 bits per heavy atom. The van der Waals surface area contributed by atoms with Crippen LogP contribution in [-0.4, -0.2) is 77.0 Å². The number of carbonyl (C=O) groups excluding carboxylic acids is 1. The predicted octanol–water partition coefficient (Wildman–Crippen LogP) is 3.18. The number of hydrogen-bond acceptors (Lipinski definition) is 7. The fourth-order valence-corrected chi connectivity index (χ4v) is 5.00. The minimum Gasteiger partial charge on any atom is -0.355 e. The number of likely N-dealkylation sites (tertiary alicyclic amines) is 1. The van der Waals surface area contributed by atoms with Gasteiger partial charge in [-0.15, -0.1) is 11.3 Å². The van der Waals surface area contributed by atoms with Gasteiger partial charge in [0.25, 0.3) is 5.91 Å². The van der Waals surface area contributed by atoms with Gasteiger partial charge in [-0.25, -0.2) is 9.97 Å². The maximum absolute atomic E-state index is 12.5. The first kappa shape index (κ1) is 21.2. The van der Waals surface area contributed by atoms with Crippen molar-refractivity contribution in [1.82, 2.24) is 19.8 Å². The molecule has 1 N–H and O–H groups in total. The maximum atomic E-state index is 12.5. The van der Waals surface area contributed by atoms with Crippen molar-refractivity contribution in [3.63, 3.8) is 0 Å². The van der Waals surface area contributed by atoms with E-state index in [4.69, 9.17) is 0 Å². The van der Waals surface area contributed by atoms with Crippen molar-refractivity contribution in [3.05, 3.63) is 35.5 Å². The average Bonchev–Trinajstić information content (AvgIpc) is 3.15. The second kappa shape index (κ2) is 9.85. The summed E-state index contributed by atoms with van der Waals surface area (Å²) < 4.78 is 0. The molecule has 162 valence electrons. The van der Waals surface area contributed by atoms with E-state index in [9.17, 15) is 4.79 Å². The van der Waals surface area contributed by atoms with E-state index in [0.29, 0.717) is 22.9 Å². The summed E-state index contributed by atoms with van der Waals surface area (Å²) in [6, 6.07) is 7.04. The summed E-state index contributed by atoms with van der Waals surface area (Å²) in [6.07, 6.45) is 5.34. The zero-order valence-corrected chi connectivity index (χ0v) is 18.8. The summed E-state index contributed by atoms with van der Waals surface area (Å²) >= 11 is 1.41. The molecule has 2 aliphatic heterocycles. The van der Waals surface area contributed by atoms with Crippen LogP contribution in [0, 0.1) is 0 Å². The molecule has 1 amide bonds. The van der Waals surface area contributed by atoms with E-state index in [2.05, 4.69) is 43.8 Å². The van der Waals surface area contributed by atoms with Gasteiger partial charge in [-0.1, -0.05) is 6.07 Å². The number of nitrogens with one attached hydrogen (secondary N) is 1. The Morgan fingerprint density at radius 3 is 2.70 bits per heavy atom. The quantitative estimate of drug-likeness (QED) is 0.789. The van der Waals surface area contributed by atoms with Crippen molar-refractivity contribution >= 4 is 28.2 Å². The number of thiazole rings is 1. The molecule has 2 fully saturated rings. The fourth-order valence-electron chi connectivity index (χ4n) is 4.47. The molecule has 0 saturated carbocycles. The van der Waals surface area contributed by atoms with Gasteiger partial charge in [-0.05, 0) is 58.3 Å². The predicted molar refractivity (Wildman–Crippen MR) is 122 cm³/mol. The molecule has 30 heavy (non-hydrogen) atoms. The van der Waals surface area contributed by atoms with Gasteiger partial charge in [0.2, 0.25) is 0 Å². The van der Waals surface area contributed by atoms with Gasteiger partial charge < -0.3 is 9.80 Å². The van der Waals surface area contributed by atoms with Crippen LogP contribution in [0.3, 0.4) is 0 Å².